The van der Waals surface area contributed by atoms with E-state index in [1.54, 1.807) is 47.8 Å². The summed E-state index contributed by atoms with van der Waals surface area (Å²) in [6.07, 6.45) is 10.3. The quantitative estimate of drug-likeness (QED) is 0.711. The molecule has 0 unspecified atom stereocenters. The molecule has 4 rings (SSSR count). The topological polar surface area (TPSA) is 80.0 Å². The average molecular weight is 335 g/mol. The van der Waals surface area contributed by atoms with Gasteiger partial charge in [-0.2, -0.15) is 0 Å². The number of hydrogen-bond acceptors (Lipinski definition) is 6. The van der Waals surface area contributed by atoms with Crippen LogP contribution in [0, 0.1) is 0 Å². The summed E-state index contributed by atoms with van der Waals surface area (Å²) in [7, 11) is 0. The van der Waals surface area contributed by atoms with Crippen LogP contribution in [0.25, 0.3) is 5.82 Å². The van der Waals surface area contributed by atoms with Crippen LogP contribution in [0.4, 0.5) is 5.95 Å². The summed E-state index contributed by atoms with van der Waals surface area (Å²) in [5.74, 6) is 1.44. The first-order valence-corrected chi connectivity index (χ1v) is 8.07. The number of pyridine rings is 1. The third-order valence-electron chi connectivity index (χ3n) is 4.17. The van der Waals surface area contributed by atoms with Crippen LogP contribution in [0.3, 0.4) is 0 Å². The zero-order valence-corrected chi connectivity index (χ0v) is 13.6. The monoisotopic (exact) mass is 335 g/mol. The smallest absolute Gasteiger partial charge is 0.255 e. The predicted octanol–water partition coefficient (Wildman–Crippen LogP) is 1.02. The molecule has 0 spiro atoms. The molecule has 1 aliphatic heterocycles. The lowest BCUT2D eigenvalue weighted by Gasteiger charge is -2.34. The molecule has 0 bridgehead atoms. The van der Waals surface area contributed by atoms with Crippen molar-refractivity contribution in [1.29, 1.82) is 0 Å². The first-order valence-electron chi connectivity index (χ1n) is 8.07. The SMILES string of the molecule is O=C(c1ccc(-n2ccnc2)nc1)N1CCN(c2ncccn2)CC1. The Morgan fingerprint density at radius 1 is 0.960 bits per heavy atom. The van der Waals surface area contributed by atoms with E-state index in [9.17, 15) is 4.79 Å². The number of anilines is 1. The lowest BCUT2D eigenvalue weighted by Crippen LogP contribution is -2.49. The zero-order valence-electron chi connectivity index (χ0n) is 13.6. The molecule has 1 aliphatic rings. The van der Waals surface area contributed by atoms with E-state index in [-0.39, 0.29) is 5.91 Å². The normalized spacial score (nSPS) is 14.6. The average Bonchev–Trinajstić information content (AvgIpc) is 3.23. The molecule has 126 valence electrons. The molecule has 0 atom stereocenters. The van der Waals surface area contributed by atoms with Crippen LogP contribution in [-0.4, -0.2) is 61.5 Å². The maximum absolute atomic E-state index is 12.7. The molecule has 1 amide bonds. The fourth-order valence-corrected chi connectivity index (χ4v) is 2.81. The molecule has 1 fully saturated rings. The minimum Gasteiger partial charge on any atom is -0.337 e. The van der Waals surface area contributed by atoms with E-state index < -0.39 is 0 Å². The Balaban J connectivity index is 1.40. The Labute approximate surface area is 144 Å². The van der Waals surface area contributed by atoms with Gasteiger partial charge in [0.05, 0.1) is 5.56 Å². The van der Waals surface area contributed by atoms with Gasteiger partial charge in [-0.05, 0) is 18.2 Å². The zero-order chi connectivity index (χ0) is 17.1. The molecular weight excluding hydrogens is 318 g/mol. The van der Waals surface area contributed by atoms with Crippen LogP contribution in [-0.2, 0) is 0 Å². The molecule has 0 aromatic carbocycles. The van der Waals surface area contributed by atoms with Gasteiger partial charge in [0.1, 0.15) is 12.1 Å². The van der Waals surface area contributed by atoms with Crippen LogP contribution < -0.4 is 4.90 Å². The molecule has 0 saturated carbocycles. The Morgan fingerprint density at radius 2 is 1.76 bits per heavy atom. The lowest BCUT2D eigenvalue weighted by atomic mass is 10.2. The maximum Gasteiger partial charge on any atom is 0.255 e. The number of carbonyl (C=O) groups is 1. The third kappa shape index (κ3) is 3.18. The predicted molar refractivity (Wildman–Crippen MR) is 91.5 cm³/mol. The Hall–Kier alpha value is -3.29. The van der Waals surface area contributed by atoms with Crippen LogP contribution >= 0.6 is 0 Å². The second-order valence-corrected chi connectivity index (χ2v) is 5.70. The molecule has 8 nitrogen and oxygen atoms in total. The summed E-state index contributed by atoms with van der Waals surface area (Å²) in [6.45, 7) is 2.72. The molecule has 0 aliphatic carbocycles. The molecular formula is C17H17N7O. The van der Waals surface area contributed by atoms with Gasteiger partial charge >= 0.3 is 0 Å². The minimum absolute atomic E-state index is 0.00156. The number of hydrogen-bond donors (Lipinski definition) is 0. The van der Waals surface area contributed by atoms with E-state index in [4.69, 9.17) is 0 Å². The highest BCUT2D eigenvalue weighted by Gasteiger charge is 2.23. The molecule has 8 heteroatoms. The molecule has 25 heavy (non-hydrogen) atoms. The first-order chi connectivity index (χ1) is 12.3. The molecule has 3 aromatic rings. The van der Waals surface area contributed by atoms with Crippen molar-refractivity contribution in [1.82, 2.24) is 29.4 Å². The highest BCUT2D eigenvalue weighted by atomic mass is 16.2. The van der Waals surface area contributed by atoms with Crippen molar-refractivity contribution in [2.75, 3.05) is 31.1 Å². The Kier molecular flexibility index (Phi) is 4.07. The van der Waals surface area contributed by atoms with E-state index in [2.05, 4.69) is 24.8 Å². The van der Waals surface area contributed by atoms with Gasteiger partial charge in [0.25, 0.3) is 5.91 Å². The van der Waals surface area contributed by atoms with Gasteiger partial charge in [-0.3, -0.25) is 9.36 Å². The molecule has 0 radical (unpaired) electrons. The van der Waals surface area contributed by atoms with E-state index >= 15 is 0 Å². The summed E-state index contributed by atoms with van der Waals surface area (Å²) >= 11 is 0. The van der Waals surface area contributed by atoms with Gasteiger partial charge in [-0.1, -0.05) is 0 Å². The van der Waals surface area contributed by atoms with Gasteiger partial charge in [0.2, 0.25) is 5.95 Å². The van der Waals surface area contributed by atoms with Crippen LogP contribution in [0.2, 0.25) is 0 Å². The van der Waals surface area contributed by atoms with Gasteiger partial charge < -0.3 is 9.80 Å². The van der Waals surface area contributed by atoms with Crippen molar-refractivity contribution >= 4 is 11.9 Å². The number of aromatic nitrogens is 5. The fraction of sp³-hybridized carbons (Fsp3) is 0.235. The fourth-order valence-electron chi connectivity index (χ4n) is 2.81. The largest absolute Gasteiger partial charge is 0.337 e. The van der Waals surface area contributed by atoms with Gasteiger partial charge in [-0.25, -0.2) is 19.9 Å². The lowest BCUT2D eigenvalue weighted by molar-refractivity contribution is 0.0746. The van der Waals surface area contributed by atoms with Crippen molar-refractivity contribution in [2.45, 2.75) is 0 Å². The van der Waals surface area contributed by atoms with Crippen molar-refractivity contribution in [3.8, 4) is 5.82 Å². The summed E-state index contributed by atoms with van der Waals surface area (Å²) in [5.41, 5.74) is 0.591. The highest BCUT2D eigenvalue weighted by molar-refractivity contribution is 5.94. The number of rotatable bonds is 3. The van der Waals surface area contributed by atoms with Crippen molar-refractivity contribution in [3.05, 3.63) is 61.1 Å². The Bertz CT molecular complexity index is 825. The van der Waals surface area contributed by atoms with Crippen LogP contribution in [0.15, 0.2) is 55.5 Å². The van der Waals surface area contributed by atoms with Crippen LogP contribution in [0.5, 0.6) is 0 Å². The number of piperazine rings is 1. The number of amides is 1. The van der Waals surface area contributed by atoms with Gasteiger partial charge in [0.15, 0.2) is 0 Å². The van der Waals surface area contributed by atoms with Crippen molar-refractivity contribution in [2.24, 2.45) is 0 Å². The first kappa shape index (κ1) is 15.3. The molecule has 0 N–H and O–H groups in total. The second kappa shape index (κ2) is 6.68. The van der Waals surface area contributed by atoms with Gasteiger partial charge in [0, 0.05) is 57.2 Å². The molecule has 1 saturated heterocycles. The van der Waals surface area contributed by atoms with Crippen molar-refractivity contribution in [3.63, 3.8) is 0 Å². The number of imidazole rings is 1. The van der Waals surface area contributed by atoms with E-state index in [1.807, 2.05) is 17.2 Å². The molecule has 3 aromatic heterocycles. The third-order valence-corrected chi connectivity index (χ3v) is 4.17. The number of nitrogens with zero attached hydrogens (tertiary/aromatic N) is 7. The van der Waals surface area contributed by atoms with E-state index in [0.717, 1.165) is 18.9 Å². The number of carbonyl (C=O) groups excluding carboxylic acids is 1. The molecule has 4 heterocycles. The van der Waals surface area contributed by atoms with E-state index in [1.165, 1.54) is 0 Å². The van der Waals surface area contributed by atoms with Crippen LogP contribution in [0.1, 0.15) is 10.4 Å². The second-order valence-electron chi connectivity index (χ2n) is 5.70. The van der Waals surface area contributed by atoms with Gasteiger partial charge in [-0.15, -0.1) is 0 Å². The summed E-state index contributed by atoms with van der Waals surface area (Å²) in [4.78, 5) is 33.4. The highest BCUT2D eigenvalue weighted by Crippen LogP contribution is 2.13. The van der Waals surface area contributed by atoms with E-state index in [0.29, 0.717) is 24.6 Å². The Morgan fingerprint density at radius 3 is 2.40 bits per heavy atom. The standard InChI is InChI=1S/C17H17N7O/c25-16(14-2-3-15(21-12-14)24-7-6-18-13-24)22-8-10-23(11-9-22)17-19-4-1-5-20-17/h1-7,12-13H,8-11H2. The van der Waals surface area contributed by atoms with Crippen molar-refractivity contribution < 1.29 is 4.79 Å². The summed E-state index contributed by atoms with van der Waals surface area (Å²) < 4.78 is 1.80. The maximum atomic E-state index is 12.7. The minimum atomic E-state index is -0.00156. The summed E-state index contributed by atoms with van der Waals surface area (Å²) in [6, 6.07) is 5.42. The summed E-state index contributed by atoms with van der Waals surface area (Å²) in [5, 5.41) is 0.